The number of imide groups is 1. The van der Waals surface area contributed by atoms with E-state index in [0.29, 0.717) is 19.6 Å². The first-order chi connectivity index (χ1) is 15.4. The van der Waals surface area contributed by atoms with E-state index in [9.17, 15) is 19.2 Å². The average molecular weight is 441 g/mol. The van der Waals surface area contributed by atoms with Crippen molar-refractivity contribution in [3.8, 4) is 0 Å². The summed E-state index contributed by atoms with van der Waals surface area (Å²) in [5, 5.41) is 5.70. The van der Waals surface area contributed by atoms with Crippen LogP contribution >= 0.6 is 0 Å². The lowest BCUT2D eigenvalue weighted by molar-refractivity contribution is -0.147. The summed E-state index contributed by atoms with van der Waals surface area (Å²) in [5.41, 5.74) is 1.85. The number of urea groups is 1. The van der Waals surface area contributed by atoms with Gasteiger partial charge >= 0.3 is 6.03 Å². The lowest BCUT2D eigenvalue weighted by atomic mass is 9.81. The molecule has 1 aromatic carbocycles. The minimum absolute atomic E-state index is 0.143. The fraction of sp³-hybridized carbons (Fsp3) is 0.583. The Kier molecular flexibility index (Phi) is 6.77. The third-order valence-corrected chi connectivity index (χ3v) is 6.96. The Hall–Kier alpha value is -2.90. The predicted molar refractivity (Wildman–Crippen MR) is 120 cm³/mol. The van der Waals surface area contributed by atoms with E-state index < -0.39 is 0 Å². The van der Waals surface area contributed by atoms with Gasteiger partial charge in [-0.15, -0.1) is 0 Å². The molecule has 1 aliphatic carbocycles. The summed E-state index contributed by atoms with van der Waals surface area (Å²) in [5.74, 6) is -0.834. The number of likely N-dealkylation sites (tertiary alicyclic amines) is 2. The summed E-state index contributed by atoms with van der Waals surface area (Å²) in [6, 6.07) is 7.31. The van der Waals surface area contributed by atoms with Crippen LogP contribution in [-0.2, 0) is 14.4 Å². The first-order valence-electron chi connectivity index (χ1n) is 11.7. The molecule has 32 heavy (non-hydrogen) atoms. The molecule has 0 aromatic heterocycles. The van der Waals surface area contributed by atoms with Crippen molar-refractivity contribution in [2.24, 2.45) is 17.8 Å². The number of benzene rings is 1. The molecule has 2 N–H and O–H groups in total. The SMILES string of the molecule is Cc1ccc(NC(=O)NCC2CCCN(C(=O)CN3C(=O)C4CCCCC4C3=O)C2)cc1. The van der Waals surface area contributed by atoms with E-state index in [4.69, 9.17) is 0 Å². The van der Waals surface area contributed by atoms with E-state index in [1.54, 1.807) is 4.90 Å². The summed E-state index contributed by atoms with van der Waals surface area (Å²) < 4.78 is 0. The monoisotopic (exact) mass is 440 g/mol. The molecule has 0 spiro atoms. The van der Waals surface area contributed by atoms with Crippen LogP contribution < -0.4 is 10.6 Å². The third-order valence-electron chi connectivity index (χ3n) is 6.96. The predicted octanol–water partition coefficient (Wildman–Crippen LogP) is 2.53. The maximum atomic E-state index is 12.9. The molecule has 8 heteroatoms. The fourth-order valence-electron chi connectivity index (χ4n) is 5.13. The van der Waals surface area contributed by atoms with Gasteiger partial charge in [0, 0.05) is 25.3 Å². The molecule has 3 atom stereocenters. The summed E-state index contributed by atoms with van der Waals surface area (Å²) >= 11 is 0. The molecule has 3 unspecified atom stereocenters. The van der Waals surface area contributed by atoms with E-state index in [0.717, 1.165) is 49.8 Å². The maximum Gasteiger partial charge on any atom is 0.319 e. The van der Waals surface area contributed by atoms with E-state index in [-0.39, 0.29) is 48.1 Å². The number of carbonyl (C=O) groups excluding carboxylic acids is 4. The topological polar surface area (TPSA) is 98.8 Å². The van der Waals surface area contributed by atoms with Crippen LogP contribution in [0.4, 0.5) is 10.5 Å². The normalized spacial score (nSPS) is 25.5. The molecule has 4 rings (SSSR count). The first-order valence-corrected chi connectivity index (χ1v) is 11.7. The second kappa shape index (κ2) is 9.71. The minimum Gasteiger partial charge on any atom is -0.341 e. The molecule has 2 heterocycles. The highest BCUT2D eigenvalue weighted by molar-refractivity contribution is 6.07. The zero-order valence-electron chi connectivity index (χ0n) is 18.6. The highest BCUT2D eigenvalue weighted by Crippen LogP contribution is 2.38. The number of hydrogen-bond acceptors (Lipinski definition) is 4. The summed E-state index contributed by atoms with van der Waals surface area (Å²) in [7, 11) is 0. The van der Waals surface area contributed by atoms with Crippen LogP contribution in [0.1, 0.15) is 44.1 Å². The van der Waals surface area contributed by atoms with Crippen LogP contribution in [-0.4, -0.2) is 59.7 Å². The maximum absolute atomic E-state index is 12.9. The van der Waals surface area contributed by atoms with Crippen molar-refractivity contribution in [1.29, 1.82) is 0 Å². The Balaban J connectivity index is 1.25. The molecule has 0 bridgehead atoms. The number of aryl methyl sites for hydroxylation is 1. The van der Waals surface area contributed by atoms with E-state index in [2.05, 4.69) is 10.6 Å². The Morgan fingerprint density at radius 2 is 1.62 bits per heavy atom. The van der Waals surface area contributed by atoms with Gasteiger partial charge in [-0.2, -0.15) is 0 Å². The second-order valence-corrected chi connectivity index (χ2v) is 9.31. The number of amides is 5. The van der Waals surface area contributed by atoms with E-state index in [1.807, 2.05) is 31.2 Å². The van der Waals surface area contributed by atoms with Crippen molar-refractivity contribution in [2.75, 3.05) is 31.5 Å². The molecular weight excluding hydrogens is 408 g/mol. The third kappa shape index (κ3) is 4.95. The van der Waals surface area contributed by atoms with Crippen LogP contribution in [0.3, 0.4) is 0 Å². The van der Waals surface area contributed by atoms with Gasteiger partial charge in [-0.3, -0.25) is 19.3 Å². The molecule has 2 saturated heterocycles. The van der Waals surface area contributed by atoms with Crippen molar-refractivity contribution in [3.63, 3.8) is 0 Å². The molecule has 3 fully saturated rings. The Labute approximate surface area is 188 Å². The number of anilines is 1. The number of fused-ring (bicyclic) bond motifs is 1. The van der Waals surface area contributed by atoms with Crippen LogP contribution in [0, 0.1) is 24.7 Å². The minimum atomic E-state index is -0.270. The average Bonchev–Trinajstić information content (AvgIpc) is 3.04. The highest BCUT2D eigenvalue weighted by Gasteiger charge is 2.48. The summed E-state index contributed by atoms with van der Waals surface area (Å²) in [6.45, 7) is 3.44. The Morgan fingerprint density at radius 3 is 2.28 bits per heavy atom. The van der Waals surface area contributed by atoms with Gasteiger partial charge in [-0.05, 0) is 50.7 Å². The second-order valence-electron chi connectivity index (χ2n) is 9.31. The van der Waals surface area contributed by atoms with Gasteiger partial charge in [0.15, 0.2) is 0 Å². The molecule has 0 radical (unpaired) electrons. The Bertz CT molecular complexity index is 860. The number of carbonyl (C=O) groups is 4. The molecule has 8 nitrogen and oxygen atoms in total. The smallest absolute Gasteiger partial charge is 0.319 e. The summed E-state index contributed by atoms with van der Waals surface area (Å²) in [4.78, 5) is 53.3. The van der Waals surface area contributed by atoms with Gasteiger partial charge in [0.25, 0.3) is 0 Å². The fourth-order valence-corrected chi connectivity index (χ4v) is 5.13. The van der Waals surface area contributed by atoms with Gasteiger partial charge in [0.2, 0.25) is 17.7 Å². The van der Waals surface area contributed by atoms with Gasteiger partial charge in [-0.25, -0.2) is 4.79 Å². The van der Waals surface area contributed by atoms with Gasteiger partial charge in [0.1, 0.15) is 6.54 Å². The molecule has 172 valence electrons. The van der Waals surface area contributed by atoms with Gasteiger partial charge in [0.05, 0.1) is 11.8 Å². The largest absolute Gasteiger partial charge is 0.341 e. The van der Waals surface area contributed by atoms with Crippen LogP contribution in [0.15, 0.2) is 24.3 Å². The van der Waals surface area contributed by atoms with E-state index in [1.165, 1.54) is 4.90 Å². The van der Waals surface area contributed by atoms with Gasteiger partial charge in [-0.1, -0.05) is 30.5 Å². The number of piperidine rings is 1. The quantitative estimate of drug-likeness (QED) is 0.688. The highest BCUT2D eigenvalue weighted by atomic mass is 16.2. The van der Waals surface area contributed by atoms with Crippen molar-refractivity contribution in [1.82, 2.24) is 15.1 Å². The number of rotatable bonds is 5. The van der Waals surface area contributed by atoms with Gasteiger partial charge < -0.3 is 15.5 Å². The van der Waals surface area contributed by atoms with Crippen LogP contribution in [0.2, 0.25) is 0 Å². The van der Waals surface area contributed by atoms with Crippen molar-refractivity contribution >= 4 is 29.4 Å². The first kappa shape index (κ1) is 22.3. The van der Waals surface area contributed by atoms with E-state index >= 15 is 0 Å². The molecule has 3 aliphatic rings. The standard InChI is InChI=1S/C24H32N4O4/c1-16-8-10-18(11-9-16)26-24(32)25-13-17-5-4-12-27(14-17)21(29)15-28-22(30)19-6-2-3-7-20(19)23(28)31/h8-11,17,19-20H,2-7,12-15H2,1H3,(H2,25,26,32). The zero-order chi connectivity index (χ0) is 22.7. The molecule has 1 saturated carbocycles. The van der Waals surface area contributed by atoms with Crippen molar-refractivity contribution < 1.29 is 19.2 Å². The molecule has 1 aromatic rings. The number of nitrogens with zero attached hydrogens (tertiary/aromatic N) is 2. The number of hydrogen-bond donors (Lipinski definition) is 2. The Morgan fingerprint density at radius 1 is 0.969 bits per heavy atom. The molecular formula is C24H32N4O4. The van der Waals surface area contributed by atoms with Crippen LogP contribution in [0.5, 0.6) is 0 Å². The van der Waals surface area contributed by atoms with Crippen LogP contribution in [0.25, 0.3) is 0 Å². The number of nitrogens with one attached hydrogen (secondary N) is 2. The lowest BCUT2D eigenvalue weighted by Crippen LogP contribution is -2.48. The van der Waals surface area contributed by atoms with Crippen molar-refractivity contribution in [3.05, 3.63) is 29.8 Å². The zero-order valence-corrected chi connectivity index (χ0v) is 18.6. The molecule has 2 aliphatic heterocycles. The summed E-state index contributed by atoms with van der Waals surface area (Å²) in [6.07, 6.45) is 5.20. The lowest BCUT2D eigenvalue weighted by Gasteiger charge is -2.33. The molecule has 5 amide bonds. The van der Waals surface area contributed by atoms with Crippen molar-refractivity contribution in [2.45, 2.75) is 45.4 Å².